The van der Waals surface area contributed by atoms with Gasteiger partial charge in [-0.15, -0.1) is 0 Å². The first-order valence-electron chi connectivity index (χ1n) is 12.9. The summed E-state index contributed by atoms with van der Waals surface area (Å²) in [5, 5.41) is 0. The van der Waals surface area contributed by atoms with Gasteiger partial charge in [0.1, 0.15) is 5.75 Å². The number of methoxy groups -OCH3 is 1. The van der Waals surface area contributed by atoms with Crippen molar-refractivity contribution in [2.75, 3.05) is 12.0 Å². The maximum absolute atomic E-state index is 14.4. The molecule has 4 aromatic carbocycles. The van der Waals surface area contributed by atoms with Crippen LogP contribution in [0, 0.1) is 18.8 Å². The van der Waals surface area contributed by atoms with E-state index in [0.717, 1.165) is 33.5 Å². The van der Waals surface area contributed by atoms with Crippen LogP contribution in [0.5, 0.6) is 5.75 Å². The summed E-state index contributed by atoms with van der Waals surface area (Å²) in [5.74, 6) is -0.977. The van der Waals surface area contributed by atoms with Crippen LogP contribution in [0.1, 0.15) is 33.7 Å². The summed E-state index contributed by atoms with van der Waals surface area (Å²) >= 11 is 0. The minimum atomic E-state index is -0.870. The average molecular weight is 499 g/mol. The van der Waals surface area contributed by atoms with Crippen LogP contribution in [-0.2, 0) is 15.0 Å². The zero-order chi connectivity index (χ0) is 26.0. The van der Waals surface area contributed by atoms with E-state index in [1.807, 2.05) is 61.7 Å². The predicted molar refractivity (Wildman–Crippen MR) is 147 cm³/mol. The number of hydrogen-bond donors (Lipinski definition) is 0. The highest BCUT2D eigenvalue weighted by Crippen LogP contribution is 2.63. The van der Waals surface area contributed by atoms with Crippen molar-refractivity contribution >= 4 is 29.4 Å². The number of aliphatic imine (C=N–C) groups is 1. The van der Waals surface area contributed by atoms with Gasteiger partial charge in [0.25, 0.3) is 0 Å². The molecule has 1 heterocycles. The topological polar surface area (TPSA) is 59.0 Å². The second-order valence-electron chi connectivity index (χ2n) is 10.3. The van der Waals surface area contributed by atoms with Crippen LogP contribution in [0.25, 0.3) is 0 Å². The van der Waals surface area contributed by atoms with Crippen molar-refractivity contribution in [1.29, 1.82) is 0 Å². The molecule has 1 aliphatic heterocycles. The Labute approximate surface area is 221 Å². The maximum Gasteiger partial charge on any atom is 0.239 e. The molecule has 2 atom stereocenters. The molecule has 8 rings (SSSR count). The first-order chi connectivity index (χ1) is 18.5. The van der Waals surface area contributed by atoms with Crippen LogP contribution in [0.4, 0.5) is 11.4 Å². The summed E-state index contributed by atoms with van der Waals surface area (Å²) in [6.45, 7) is 2.04. The van der Waals surface area contributed by atoms with E-state index in [4.69, 9.17) is 9.73 Å². The predicted octanol–water partition coefficient (Wildman–Crippen LogP) is 5.96. The van der Waals surface area contributed by atoms with Gasteiger partial charge in [0.05, 0.1) is 35.7 Å². The molecule has 0 spiro atoms. The Morgan fingerprint density at radius 1 is 0.789 bits per heavy atom. The SMILES string of the molecule is COc1ccc(N2C(=O)[C@@H]3[C@@H](C2=O)C2c4ccccc4C3(C=Nc3ccc(C)cc3)c3ccccc32)cc1. The molecule has 5 nitrogen and oxygen atoms in total. The second-order valence-corrected chi connectivity index (χ2v) is 10.3. The lowest BCUT2D eigenvalue weighted by Crippen LogP contribution is -2.54. The minimum Gasteiger partial charge on any atom is -0.497 e. The molecule has 4 aromatic rings. The number of hydrogen-bond acceptors (Lipinski definition) is 4. The van der Waals surface area contributed by atoms with Gasteiger partial charge >= 0.3 is 0 Å². The maximum atomic E-state index is 14.4. The largest absolute Gasteiger partial charge is 0.497 e. The van der Waals surface area contributed by atoms with Gasteiger partial charge in [-0.25, -0.2) is 4.90 Å². The summed E-state index contributed by atoms with van der Waals surface area (Å²) in [6.07, 6.45) is 1.94. The van der Waals surface area contributed by atoms with Gasteiger partial charge in [-0.2, -0.15) is 0 Å². The number of amides is 2. The quantitative estimate of drug-likeness (QED) is 0.258. The van der Waals surface area contributed by atoms with E-state index in [0.29, 0.717) is 11.4 Å². The lowest BCUT2D eigenvalue weighted by atomic mass is 9.47. The van der Waals surface area contributed by atoms with Crippen LogP contribution >= 0.6 is 0 Å². The van der Waals surface area contributed by atoms with Gasteiger partial charge < -0.3 is 4.74 Å². The zero-order valence-corrected chi connectivity index (χ0v) is 21.2. The Morgan fingerprint density at radius 2 is 1.39 bits per heavy atom. The van der Waals surface area contributed by atoms with E-state index < -0.39 is 17.3 Å². The van der Waals surface area contributed by atoms with Gasteiger partial charge in [-0.3, -0.25) is 14.6 Å². The van der Waals surface area contributed by atoms with Gasteiger partial charge in [0, 0.05) is 12.1 Å². The van der Waals surface area contributed by atoms with Gasteiger partial charge in [0.15, 0.2) is 0 Å². The highest BCUT2D eigenvalue weighted by atomic mass is 16.5. The molecule has 4 aliphatic rings. The van der Waals surface area contributed by atoms with Crippen molar-refractivity contribution in [2.24, 2.45) is 16.8 Å². The molecule has 3 aliphatic carbocycles. The van der Waals surface area contributed by atoms with Gasteiger partial charge in [-0.05, 0) is 65.6 Å². The number of aryl methyl sites for hydroxylation is 1. The fourth-order valence-corrected chi connectivity index (χ4v) is 6.84. The molecular formula is C33H26N2O3. The average Bonchev–Trinajstić information content (AvgIpc) is 3.23. The molecule has 1 fully saturated rings. The molecule has 1 saturated heterocycles. The summed E-state index contributed by atoms with van der Waals surface area (Å²) in [5.41, 5.74) is 5.97. The van der Waals surface area contributed by atoms with Crippen LogP contribution in [0.15, 0.2) is 102 Å². The third-order valence-electron chi connectivity index (χ3n) is 8.47. The molecule has 0 radical (unpaired) electrons. The Bertz CT molecular complexity index is 1570. The molecule has 0 unspecified atom stereocenters. The van der Waals surface area contributed by atoms with Crippen molar-refractivity contribution in [3.05, 3.63) is 125 Å². The number of benzene rings is 4. The summed E-state index contributed by atoms with van der Waals surface area (Å²) < 4.78 is 5.30. The molecule has 0 aromatic heterocycles. The normalized spacial score (nSPS) is 24.9. The van der Waals surface area contributed by atoms with E-state index in [2.05, 4.69) is 24.3 Å². The van der Waals surface area contributed by atoms with Crippen LogP contribution in [-0.4, -0.2) is 25.1 Å². The summed E-state index contributed by atoms with van der Waals surface area (Å²) in [7, 11) is 1.60. The van der Waals surface area contributed by atoms with E-state index >= 15 is 0 Å². The molecule has 0 saturated carbocycles. The van der Waals surface area contributed by atoms with Crippen molar-refractivity contribution in [1.82, 2.24) is 0 Å². The van der Waals surface area contributed by atoms with Crippen molar-refractivity contribution in [3.63, 3.8) is 0 Å². The lowest BCUT2D eigenvalue weighted by molar-refractivity contribution is -0.122. The van der Waals surface area contributed by atoms with E-state index in [9.17, 15) is 9.59 Å². The van der Waals surface area contributed by atoms with Crippen LogP contribution < -0.4 is 9.64 Å². The monoisotopic (exact) mass is 498 g/mol. The third kappa shape index (κ3) is 2.96. The van der Waals surface area contributed by atoms with Crippen LogP contribution in [0.3, 0.4) is 0 Å². The lowest BCUT2D eigenvalue weighted by Gasteiger charge is -2.52. The smallest absolute Gasteiger partial charge is 0.239 e. The number of anilines is 1. The van der Waals surface area contributed by atoms with E-state index in [-0.39, 0.29) is 17.7 Å². The van der Waals surface area contributed by atoms with E-state index in [1.165, 1.54) is 4.90 Å². The zero-order valence-electron chi connectivity index (χ0n) is 21.2. The molecule has 2 amide bonds. The highest BCUT2D eigenvalue weighted by molar-refractivity contribution is 6.25. The summed E-state index contributed by atoms with van der Waals surface area (Å²) in [6, 6.07) is 31.6. The minimum absolute atomic E-state index is 0.160. The molecule has 0 N–H and O–H groups in total. The Morgan fingerprint density at radius 3 is 2.00 bits per heavy atom. The highest BCUT2D eigenvalue weighted by Gasteiger charge is 2.67. The van der Waals surface area contributed by atoms with E-state index in [1.54, 1.807) is 31.4 Å². The number of carbonyl (C=O) groups is 2. The number of ether oxygens (including phenoxy) is 1. The molecule has 186 valence electrons. The first-order valence-corrected chi connectivity index (χ1v) is 12.9. The van der Waals surface area contributed by atoms with Crippen molar-refractivity contribution in [3.8, 4) is 5.75 Å². The Balaban J connectivity index is 1.47. The van der Waals surface area contributed by atoms with Gasteiger partial charge in [0.2, 0.25) is 11.8 Å². The standard InChI is InChI=1S/C33H26N2O3/c1-20-11-13-21(14-12-20)34-19-33-26-9-5-3-7-24(26)28(25-8-4-6-10-27(25)33)29-30(33)32(37)35(31(29)36)22-15-17-23(38-2)18-16-22/h3-19,28-30H,1-2H3/t28?,29-,30-,33?/m0/s1. The first kappa shape index (κ1) is 22.7. The fourth-order valence-electron chi connectivity index (χ4n) is 6.84. The number of carbonyl (C=O) groups excluding carboxylic acids is 2. The van der Waals surface area contributed by atoms with Crippen LogP contribution in [0.2, 0.25) is 0 Å². The number of imide groups is 1. The number of nitrogens with zero attached hydrogens (tertiary/aromatic N) is 2. The molecular weight excluding hydrogens is 472 g/mol. The number of rotatable bonds is 4. The Hall–Kier alpha value is -4.51. The van der Waals surface area contributed by atoms with Crippen molar-refractivity contribution in [2.45, 2.75) is 18.3 Å². The molecule has 38 heavy (non-hydrogen) atoms. The molecule has 5 heteroatoms. The Kier molecular flexibility index (Phi) is 4.92. The third-order valence-corrected chi connectivity index (χ3v) is 8.47. The molecule has 2 bridgehead atoms. The summed E-state index contributed by atoms with van der Waals surface area (Å²) in [4.78, 5) is 34.9. The second kappa shape index (κ2) is 8.25. The van der Waals surface area contributed by atoms with Gasteiger partial charge in [-0.1, -0.05) is 66.2 Å². The van der Waals surface area contributed by atoms with Crippen molar-refractivity contribution < 1.29 is 14.3 Å². The fraction of sp³-hybridized carbons (Fsp3) is 0.182.